The average molecular weight is 823 g/mol. The van der Waals surface area contributed by atoms with Gasteiger partial charge in [0.2, 0.25) is 0 Å². The number of carbonyl (C=O) groups excluding carboxylic acids is 2. The molecule has 7 aromatic rings. The van der Waals surface area contributed by atoms with E-state index in [9.17, 15) is 28.6 Å². The van der Waals surface area contributed by atoms with Gasteiger partial charge in [0.1, 0.15) is 53.9 Å². The first-order chi connectivity index (χ1) is 29.6. The van der Waals surface area contributed by atoms with Gasteiger partial charge < -0.3 is 29.5 Å². The van der Waals surface area contributed by atoms with Crippen LogP contribution in [0, 0.1) is 35.3 Å². The van der Waals surface area contributed by atoms with Crippen molar-refractivity contribution in [2.75, 3.05) is 27.4 Å². The number of fused-ring (bicyclic) bond motifs is 2. The number of aromatic nitrogens is 4. The molecule has 7 rings (SSSR count). The zero-order chi connectivity index (χ0) is 43.3. The van der Waals surface area contributed by atoms with Crippen LogP contribution in [0.5, 0.6) is 11.5 Å². The van der Waals surface area contributed by atoms with Gasteiger partial charge >= 0.3 is 11.9 Å². The van der Waals surface area contributed by atoms with Crippen LogP contribution in [0.2, 0.25) is 0 Å². The summed E-state index contributed by atoms with van der Waals surface area (Å²) in [4.78, 5) is 41.7. The highest BCUT2D eigenvalue weighted by Crippen LogP contribution is 2.32. The van der Waals surface area contributed by atoms with Crippen LogP contribution in [0.3, 0.4) is 0 Å². The van der Waals surface area contributed by atoms with Gasteiger partial charge in [-0.2, -0.15) is 0 Å². The van der Waals surface area contributed by atoms with Gasteiger partial charge in [0.15, 0.2) is 22.9 Å². The number of aliphatic hydroxyl groups is 2. The minimum atomic E-state index is -0.821. The highest BCUT2D eigenvalue weighted by molar-refractivity contribution is 6.00. The number of carbonyl (C=O) groups is 2. The molecule has 0 amide bonds. The van der Waals surface area contributed by atoms with Crippen LogP contribution in [0.15, 0.2) is 103 Å². The maximum absolute atomic E-state index is 13.3. The van der Waals surface area contributed by atoms with Gasteiger partial charge in [0.25, 0.3) is 0 Å². The number of methoxy groups -OCH3 is 2. The number of pyridine rings is 4. The number of aliphatic hydroxyl groups excluding tert-OH is 2. The summed E-state index contributed by atoms with van der Waals surface area (Å²) in [6, 6.07) is 25.4. The third-order valence-electron chi connectivity index (χ3n) is 8.92. The van der Waals surface area contributed by atoms with Gasteiger partial charge in [0.05, 0.1) is 14.2 Å². The third-order valence-corrected chi connectivity index (χ3v) is 8.92. The lowest BCUT2D eigenvalue weighted by Gasteiger charge is -2.14. The lowest BCUT2D eigenvalue weighted by molar-refractivity contribution is 0.0580. The SMILES string of the molecule is COC(=O)c1nc(C#CCO)c2cc(Cc3ccc(F)cc3)cnc2c1O.COC(=O)c1nc(C#CCO)c2cc(Cc3ccc(F)cc3)cnc2c1OCc1ccccc1. The molecule has 12 nitrogen and oxygen atoms in total. The van der Waals surface area contributed by atoms with E-state index in [0.717, 1.165) is 27.8 Å². The minimum absolute atomic E-state index is 0.0491. The van der Waals surface area contributed by atoms with Gasteiger partial charge in [0, 0.05) is 23.2 Å². The van der Waals surface area contributed by atoms with E-state index in [0.29, 0.717) is 29.1 Å². The van der Waals surface area contributed by atoms with Crippen LogP contribution in [-0.2, 0) is 28.9 Å². The molecule has 0 saturated heterocycles. The molecule has 306 valence electrons. The zero-order valence-electron chi connectivity index (χ0n) is 32.8. The van der Waals surface area contributed by atoms with Gasteiger partial charge in [-0.05, 0) is 88.9 Å². The Balaban J connectivity index is 0.000000210. The Kier molecular flexibility index (Phi) is 14.2. The smallest absolute Gasteiger partial charge is 0.360 e. The Labute approximate surface area is 348 Å². The summed E-state index contributed by atoms with van der Waals surface area (Å²) in [5.74, 6) is 8.16. The van der Waals surface area contributed by atoms with E-state index in [4.69, 9.17) is 14.6 Å². The van der Waals surface area contributed by atoms with Crippen LogP contribution in [0.1, 0.15) is 60.2 Å². The van der Waals surface area contributed by atoms with E-state index >= 15 is 0 Å². The summed E-state index contributed by atoms with van der Waals surface area (Å²) < 4.78 is 41.9. The summed E-state index contributed by atoms with van der Waals surface area (Å²) in [7, 11) is 2.43. The topological polar surface area (TPSA) is 174 Å². The van der Waals surface area contributed by atoms with Gasteiger partial charge in [-0.25, -0.2) is 28.3 Å². The van der Waals surface area contributed by atoms with E-state index < -0.39 is 17.7 Å². The summed E-state index contributed by atoms with van der Waals surface area (Å²) in [5, 5.41) is 29.5. The van der Waals surface area contributed by atoms with Gasteiger partial charge in [-0.15, -0.1) is 0 Å². The molecule has 0 spiro atoms. The molecule has 0 aliphatic heterocycles. The number of esters is 2. The first-order valence-corrected chi connectivity index (χ1v) is 18.5. The second-order valence-corrected chi connectivity index (χ2v) is 13.1. The van der Waals surface area contributed by atoms with Crippen molar-refractivity contribution in [3.63, 3.8) is 0 Å². The molecule has 0 radical (unpaired) electrons. The summed E-state index contributed by atoms with van der Waals surface area (Å²) >= 11 is 0. The fourth-order valence-corrected chi connectivity index (χ4v) is 6.07. The van der Waals surface area contributed by atoms with Crippen molar-refractivity contribution >= 4 is 33.7 Å². The second kappa shape index (κ2) is 20.3. The number of halogens is 2. The first-order valence-electron chi connectivity index (χ1n) is 18.5. The fourth-order valence-electron chi connectivity index (χ4n) is 6.07. The normalized spacial score (nSPS) is 10.4. The molecular weight excluding hydrogens is 787 g/mol. The number of benzene rings is 3. The van der Waals surface area contributed by atoms with Crippen molar-refractivity contribution < 1.29 is 47.9 Å². The Morgan fingerprint density at radius 1 is 0.623 bits per heavy atom. The first kappa shape index (κ1) is 42.8. The highest BCUT2D eigenvalue weighted by Gasteiger charge is 2.23. The quantitative estimate of drug-likeness (QED) is 0.110. The lowest BCUT2D eigenvalue weighted by Crippen LogP contribution is -2.11. The molecule has 14 heteroatoms. The predicted molar refractivity (Wildman–Crippen MR) is 221 cm³/mol. The summed E-state index contributed by atoms with van der Waals surface area (Å²) in [5.41, 5.74) is 4.97. The number of hydrogen-bond acceptors (Lipinski definition) is 12. The van der Waals surface area contributed by atoms with Crippen LogP contribution in [0.4, 0.5) is 8.78 Å². The number of hydrogen-bond donors (Lipinski definition) is 3. The van der Waals surface area contributed by atoms with Crippen molar-refractivity contribution in [1.29, 1.82) is 0 Å². The second-order valence-electron chi connectivity index (χ2n) is 13.1. The molecule has 0 atom stereocenters. The molecule has 3 aromatic carbocycles. The minimum Gasteiger partial charge on any atom is -0.504 e. The van der Waals surface area contributed by atoms with Gasteiger partial charge in [-0.3, -0.25) is 9.97 Å². The van der Waals surface area contributed by atoms with E-state index in [-0.39, 0.29) is 65.5 Å². The standard InChI is InChI=1S/C27H21FN2O4.C20H15FN2O4/c1-33-27(32)25-26(34-17-19-6-3-2-4-7-19)24-22(23(30-25)8-5-13-31)15-20(16-29-24)14-18-9-11-21(28)12-10-18;1-27-20(26)18-19(25)17-15(16(23-18)3-2-8-24)10-13(11-22-17)9-12-4-6-14(21)7-5-12/h2-4,6-7,9-12,15-16,31H,13-14,17H2,1H3;4-7,10-11,24-25H,8-9H2,1H3. The number of aromatic hydroxyl groups is 1. The van der Waals surface area contributed by atoms with Crippen LogP contribution < -0.4 is 4.74 Å². The molecule has 0 fully saturated rings. The van der Waals surface area contributed by atoms with Crippen LogP contribution in [-0.4, -0.2) is 74.6 Å². The Bertz CT molecular complexity index is 2830. The molecule has 3 N–H and O–H groups in total. The molecule has 0 aliphatic carbocycles. The van der Waals surface area contributed by atoms with Crippen molar-refractivity contribution in [2.45, 2.75) is 19.4 Å². The molecule has 4 aromatic heterocycles. The molecule has 61 heavy (non-hydrogen) atoms. The van der Waals surface area contributed by atoms with Gasteiger partial charge in [-0.1, -0.05) is 66.4 Å². The molecule has 4 heterocycles. The Morgan fingerprint density at radius 2 is 1.10 bits per heavy atom. The molecule has 0 bridgehead atoms. The van der Waals surface area contributed by atoms with E-state index in [1.165, 1.54) is 38.5 Å². The zero-order valence-corrected chi connectivity index (χ0v) is 32.8. The summed E-state index contributed by atoms with van der Waals surface area (Å²) in [6.07, 6.45) is 4.21. The third kappa shape index (κ3) is 10.6. The molecule has 0 saturated carbocycles. The lowest BCUT2D eigenvalue weighted by atomic mass is 10.0. The molecule has 0 unspecified atom stereocenters. The Morgan fingerprint density at radius 3 is 1.61 bits per heavy atom. The van der Waals surface area contributed by atoms with Crippen molar-refractivity contribution in [3.8, 4) is 35.2 Å². The maximum Gasteiger partial charge on any atom is 0.360 e. The van der Waals surface area contributed by atoms with Crippen LogP contribution in [0.25, 0.3) is 21.8 Å². The fraction of sp³-hybridized carbons (Fsp3) is 0.149. The van der Waals surface area contributed by atoms with E-state index in [2.05, 4.69) is 48.4 Å². The predicted octanol–water partition coefficient (Wildman–Crippen LogP) is 6.26. The molecule has 0 aliphatic rings. The Hall–Kier alpha value is -7.78. The summed E-state index contributed by atoms with van der Waals surface area (Å²) in [6.45, 7) is -0.561. The maximum atomic E-state index is 13.3. The molecular formula is C47H36F2N4O8. The van der Waals surface area contributed by atoms with Crippen molar-refractivity contribution in [1.82, 2.24) is 19.9 Å². The van der Waals surface area contributed by atoms with Crippen molar-refractivity contribution in [3.05, 3.63) is 166 Å². The van der Waals surface area contributed by atoms with E-state index in [1.54, 1.807) is 42.7 Å². The largest absolute Gasteiger partial charge is 0.504 e. The highest BCUT2D eigenvalue weighted by atomic mass is 19.1. The number of ether oxygens (including phenoxy) is 3. The van der Waals surface area contributed by atoms with Crippen LogP contribution >= 0.6 is 0 Å². The van der Waals surface area contributed by atoms with Crippen molar-refractivity contribution in [2.24, 2.45) is 0 Å². The number of nitrogens with zero attached hydrogens (tertiary/aromatic N) is 4. The monoisotopic (exact) mass is 822 g/mol. The average Bonchev–Trinajstić information content (AvgIpc) is 3.29. The number of rotatable bonds is 9. The van der Waals surface area contributed by atoms with E-state index in [1.807, 2.05) is 36.4 Å².